The van der Waals surface area contributed by atoms with E-state index < -0.39 is 0 Å². The summed E-state index contributed by atoms with van der Waals surface area (Å²) in [5, 5.41) is 0. The summed E-state index contributed by atoms with van der Waals surface area (Å²) in [7, 11) is 0. The average Bonchev–Trinajstić information content (AvgIpc) is 3.47. The van der Waals surface area contributed by atoms with Crippen LogP contribution in [0.4, 0.5) is 5.69 Å². The van der Waals surface area contributed by atoms with Crippen molar-refractivity contribution in [3.8, 4) is 0 Å². The van der Waals surface area contributed by atoms with E-state index in [1.54, 1.807) is 0 Å². The van der Waals surface area contributed by atoms with Gasteiger partial charge >= 0.3 is 0 Å². The van der Waals surface area contributed by atoms with Gasteiger partial charge in [0.15, 0.2) is 0 Å². The summed E-state index contributed by atoms with van der Waals surface area (Å²) in [4.78, 5) is 9.98. The van der Waals surface area contributed by atoms with Crippen LogP contribution in [0.25, 0.3) is 0 Å². The highest BCUT2D eigenvalue weighted by atomic mass is 79.9. The molecule has 2 aliphatic heterocycles. The van der Waals surface area contributed by atoms with Crippen LogP contribution in [0.1, 0.15) is 36.4 Å². The zero-order chi connectivity index (χ0) is 16.8. The van der Waals surface area contributed by atoms with Crippen LogP contribution in [0.2, 0.25) is 0 Å². The molecule has 0 N–H and O–H groups in total. The predicted octanol–water partition coefficient (Wildman–Crippen LogP) is 4.83. The number of benzene rings is 2. The van der Waals surface area contributed by atoms with E-state index in [-0.39, 0.29) is 6.04 Å². The van der Waals surface area contributed by atoms with Crippen molar-refractivity contribution >= 4 is 27.6 Å². The van der Waals surface area contributed by atoms with Crippen molar-refractivity contribution in [2.24, 2.45) is 10.9 Å². The number of anilines is 1. The Balaban J connectivity index is 1.69. The predicted molar refractivity (Wildman–Crippen MR) is 106 cm³/mol. The Hall–Kier alpha value is -1.81. The van der Waals surface area contributed by atoms with Crippen molar-refractivity contribution in [3.63, 3.8) is 0 Å². The van der Waals surface area contributed by atoms with Gasteiger partial charge in [-0.1, -0.05) is 52.3 Å². The molecule has 1 aliphatic carbocycles. The third-order valence-corrected chi connectivity index (χ3v) is 5.94. The molecule has 2 heterocycles. The lowest BCUT2D eigenvalue weighted by molar-refractivity contribution is 0.322. The maximum Gasteiger partial charge on any atom is 0.201 e. The molecule has 0 amide bonds. The van der Waals surface area contributed by atoms with Gasteiger partial charge in [-0.15, -0.1) is 0 Å². The molecule has 2 aromatic rings. The average molecular weight is 396 g/mol. The minimum absolute atomic E-state index is 0.263. The van der Waals surface area contributed by atoms with E-state index in [1.165, 1.54) is 35.6 Å². The van der Waals surface area contributed by atoms with Crippen molar-refractivity contribution in [3.05, 3.63) is 64.1 Å². The molecule has 1 fully saturated rings. The summed E-state index contributed by atoms with van der Waals surface area (Å²) in [6.45, 7) is 3.12. The molecule has 128 valence electrons. The van der Waals surface area contributed by atoms with Crippen LogP contribution >= 0.6 is 15.9 Å². The van der Waals surface area contributed by atoms with Crippen LogP contribution in [-0.2, 0) is 0 Å². The summed E-state index contributed by atoms with van der Waals surface area (Å²) < 4.78 is 1.14. The van der Waals surface area contributed by atoms with Gasteiger partial charge in [-0.2, -0.15) is 0 Å². The van der Waals surface area contributed by atoms with Crippen LogP contribution in [0, 0.1) is 5.92 Å². The summed E-state index contributed by atoms with van der Waals surface area (Å²) in [6.07, 6.45) is 3.85. The van der Waals surface area contributed by atoms with E-state index in [9.17, 15) is 0 Å². The van der Waals surface area contributed by atoms with Gasteiger partial charge in [0.1, 0.15) is 0 Å². The van der Waals surface area contributed by atoms with Crippen LogP contribution in [0.15, 0.2) is 58.0 Å². The van der Waals surface area contributed by atoms with Crippen LogP contribution in [0.3, 0.4) is 0 Å². The van der Waals surface area contributed by atoms with E-state index in [0.29, 0.717) is 0 Å². The number of nitrogens with zero attached hydrogens (tertiary/aromatic N) is 3. The Kier molecular flexibility index (Phi) is 3.81. The smallest absolute Gasteiger partial charge is 0.201 e. The lowest BCUT2D eigenvalue weighted by atomic mass is 9.92. The van der Waals surface area contributed by atoms with Gasteiger partial charge in [0, 0.05) is 29.7 Å². The van der Waals surface area contributed by atoms with Gasteiger partial charge in [-0.25, -0.2) is 0 Å². The van der Waals surface area contributed by atoms with Crippen molar-refractivity contribution in [1.29, 1.82) is 0 Å². The van der Waals surface area contributed by atoms with Crippen LogP contribution in [0.5, 0.6) is 0 Å². The largest absolute Gasteiger partial charge is 0.331 e. The van der Waals surface area contributed by atoms with Crippen molar-refractivity contribution < 1.29 is 0 Å². The topological polar surface area (TPSA) is 18.8 Å². The Labute approximate surface area is 157 Å². The number of guanidine groups is 1. The molecule has 0 saturated heterocycles. The molecule has 3 aliphatic rings. The first kappa shape index (κ1) is 15.4. The number of halogens is 1. The van der Waals surface area contributed by atoms with Crippen LogP contribution < -0.4 is 4.90 Å². The number of fused-ring (bicyclic) bond motifs is 2. The highest BCUT2D eigenvalue weighted by Crippen LogP contribution is 2.44. The minimum Gasteiger partial charge on any atom is -0.331 e. The van der Waals surface area contributed by atoms with E-state index in [1.807, 2.05) is 0 Å². The quantitative estimate of drug-likeness (QED) is 0.740. The Morgan fingerprint density at radius 1 is 1.08 bits per heavy atom. The molecule has 5 rings (SSSR count). The molecule has 4 heteroatoms. The van der Waals surface area contributed by atoms with Crippen molar-refractivity contribution in [2.75, 3.05) is 24.5 Å². The summed E-state index contributed by atoms with van der Waals surface area (Å²) in [6, 6.07) is 17.9. The van der Waals surface area contributed by atoms with Crippen molar-refractivity contribution in [1.82, 2.24) is 4.90 Å². The van der Waals surface area contributed by atoms with Gasteiger partial charge in [0.25, 0.3) is 0 Å². The molecular formula is C21H22BrN3. The highest BCUT2D eigenvalue weighted by Gasteiger charge is 2.39. The molecule has 2 aromatic carbocycles. The van der Waals surface area contributed by atoms with Crippen molar-refractivity contribution in [2.45, 2.75) is 25.3 Å². The maximum absolute atomic E-state index is 4.97. The van der Waals surface area contributed by atoms with E-state index >= 15 is 0 Å². The standard InChI is InChI=1S/C21H22BrN3/c22-17-9-10-18-19(13-17)25(14-15-7-8-15)21-23-11-4-12-24(21)20(18)16-5-2-1-3-6-16/h1-3,5-6,9-10,13,15,20H,4,7-8,11-12,14H2. The van der Waals surface area contributed by atoms with Gasteiger partial charge in [-0.3, -0.25) is 4.99 Å². The number of rotatable bonds is 3. The second kappa shape index (κ2) is 6.17. The van der Waals surface area contributed by atoms with E-state index in [4.69, 9.17) is 4.99 Å². The molecule has 0 bridgehead atoms. The molecule has 0 spiro atoms. The van der Waals surface area contributed by atoms with Gasteiger partial charge in [0.05, 0.1) is 11.7 Å². The fourth-order valence-corrected chi connectivity index (χ4v) is 4.44. The number of hydrogen-bond donors (Lipinski definition) is 0. The van der Waals surface area contributed by atoms with Crippen LogP contribution in [-0.4, -0.2) is 30.5 Å². The monoisotopic (exact) mass is 395 g/mol. The first-order valence-electron chi connectivity index (χ1n) is 9.24. The highest BCUT2D eigenvalue weighted by molar-refractivity contribution is 9.10. The SMILES string of the molecule is Brc1ccc2c(c1)N(CC1CC1)C1=NCCCN1C2c1ccccc1. The molecule has 1 unspecified atom stereocenters. The fraction of sp³-hybridized carbons (Fsp3) is 0.381. The Morgan fingerprint density at radius 3 is 2.72 bits per heavy atom. The molecule has 0 aromatic heterocycles. The minimum atomic E-state index is 0.263. The maximum atomic E-state index is 4.97. The number of hydrogen-bond acceptors (Lipinski definition) is 3. The Morgan fingerprint density at radius 2 is 1.92 bits per heavy atom. The second-order valence-corrected chi connectivity index (χ2v) is 8.21. The zero-order valence-electron chi connectivity index (χ0n) is 14.2. The molecule has 25 heavy (non-hydrogen) atoms. The normalized spacial score (nSPS) is 22.3. The summed E-state index contributed by atoms with van der Waals surface area (Å²) in [5.74, 6) is 2.00. The number of aliphatic imine (C=N–C) groups is 1. The molecule has 3 nitrogen and oxygen atoms in total. The third-order valence-electron chi connectivity index (χ3n) is 5.45. The molecule has 1 atom stereocenters. The molecular weight excluding hydrogens is 374 g/mol. The summed E-state index contributed by atoms with van der Waals surface area (Å²) in [5.41, 5.74) is 4.08. The van der Waals surface area contributed by atoms with Gasteiger partial charge < -0.3 is 9.80 Å². The molecule has 1 saturated carbocycles. The van der Waals surface area contributed by atoms with Gasteiger partial charge in [0.2, 0.25) is 5.96 Å². The van der Waals surface area contributed by atoms with Gasteiger partial charge in [-0.05, 0) is 42.9 Å². The summed E-state index contributed by atoms with van der Waals surface area (Å²) >= 11 is 3.68. The lowest BCUT2D eigenvalue weighted by Crippen LogP contribution is -2.53. The zero-order valence-corrected chi connectivity index (χ0v) is 15.8. The first-order valence-corrected chi connectivity index (χ1v) is 10.0. The Bertz CT molecular complexity index is 813. The van der Waals surface area contributed by atoms with E-state index in [0.717, 1.165) is 36.4 Å². The third kappa shape index (κ3) is 2.77. The fourth-order valence-electron chi connectivity index (χ4n) is 4.09. The molecule has 0 radical (unpaired) electrons. The van der Waals surface area contributed by atoms with E-state index in [2.05, 4.69) is 74.3 Å². The second-order valence-electron chi connectivity index (χ2n) is 7.30. The first-order chi connectivity index (χ1) is 12.3. The lowest BCUT2D eigenvalue weighted by Gasteiger charge is -2.47.